The summed E-state index contributed by atoms with van der Waals surface area (Å²) in [5, 5.41) is 4.48. The Balaban J connectivity index is 0.000000165. The third kappa shape index (κ3) is 7.42. The van der Waals surface area contributed by atoms with Gasteiger partial charge in [0, 0.05) is 31.7 Å². The van der Waals surface area contributed by atoms with Crippen LogP contribution in [-0.4, -0.2) is 23.2 Å². The van der Waals surface area contributed by atoms with Crippen molar-refractivity contribution >= 4 is 50.4 Å². The molecule has 0 saturated heterocycles. The van der Waals surface area contributed by atoms with E-state index in [2.05, 4.69) is 155 Å². The van der Waals surface area contributed by atoms with E-state index in [9.17, 15) is 0 Å². The Bertz CT molecular complexity index is 2590. The van der Waals surface area contributed by atoms with Crippen LogP contribution in [0.1, 0.15) is 0 Å². The van der Waals surface area contributed by atoms with E-state index in [-0.39, 0.29) is 20.1 Å². The Labute approximate surface area is 321 Å². The molecule has 1 radical (unpaired) electrons. The quantitative estimate of drug-likeness (QED) is 0.128. The van der Waals surface area contributed by atoms with Crippen LogP contribution >= 0.6 is 0 Å². The summed E-state index contributed by atoms with van der Waals surface area (Å²) in [7, 11) is 0. The molecule has 255 valence electrons. The smallest absolute Gasteiger partial charge is 0.121 e. The van der Waals surface area contributed by atoms with Crippen LogP contribution in [0.5, 0.6) is 0 Å². The van der Waals surface area contributed by atoms with Crippen molar-refractivity contribution in [2.45, 2.75) is 17.3 Å². The zero-order valence-corrected chi connectivity index (χ0v) is 33.7. The molecule has 0 unspecified atom stereocenters. The molecule has 0 amide bonds. The first-order valence-corrected chi connectivity index (χ1v) is 24.6. The molecule has 6 aromatic carbocycles. The number of rotatable bonds is 5. The number of pyridine rings is 2. The summed E-state index contributed by atoms with van der Waals surface area (Å²) in [6.45, 7) is 0. The molecule has 52 heavy (non-hydrogen) atoms. The van der Waals surface area contributed by atoms with Gasteiger partial charge in [0.15, 0.2) is 0 Å². The van der Waals surface area contributed by atoms with Gasteiger partial charge >= 0.3 is 135 Å². The van der Waals surface area contributed by atoms with Crippen molar-refractivity contribution in [3.8, 4) is 44.8 Å². The summed E-state index contributed by atoms with van der Waals surface area (Å²) in [6, 6.07) is 58.9. The van der Waals surface area contributed by atoms with Crippen molar-refractivity contribution in [3.63, 3.8) is 0 Å². The van der Waals surface area contributed by atoms with Crippen LogP contribution in [0.3, 0.4) is 0 Å². The maximum absolute atomic E-state index is 6.34. The third-order valence-electron chi connectivity index (χ3n) is 9.25. The van der Waals surface area contributed by atoms with Gasteiger partial charge in [-0.05, 0) is 33.7 Å². The number of furan rings is 1. The fraction of sp³-hybridized carbons (Fsp3) is 0.0638. The van der Waals surface area contributed by atoms with Crippen LogP contribution in [0.4, 0.5) is 0 Å². The third-order valence-corrected chi connectivity index (χ3v) is 13.5. The van der Waals surface area contributed by atoms with Gasteiger partial charge in [-0.3, -0.25) is 0 Å². The second-order valence-corrected chi connectivity index (χ2v) is 24.4. The molecule has 3 heterocycles. The van der Waals surface area contributed by atoms with Crippen molar-refractivity contribution in [1.82, 2.24) is 9.97 Å². The van der Waals surface area contributed by atoms with Gasteiger partial charge in [0.1, 0.15) is 5.58 Å². The maximum Gasteiger partial charge on any atom is 0.121 e. The molecule has 0 bridgehead atoms. The summed E-state index contributed by atoms with van der Waals surface area (Å²) in [5.41, 5.74) is 10.2. The van der Waals surface area contributed by atoms with Crippen LogP contribution in [0.15, 0.2) is 168 Å². The van der Waals surface area contributed by atoms with Crippen LogP contribution in [0, 0.1) is 12.1 Å². The van der Waals surface area contributed by atoms with E-state index < -0.39 is 13.3 Å². The number of benzene rings is 6. The second-order valence-electron chi connectivity index (χ2n) is 13.7. The van der Waals surface area contributed by atoms with Gasteiger partial charge in [-0.1, -0.05) is 83.7 Å². The first-order valence-electron chi connectivity index (χ1n) is 17.2. The Hall–Kier alpha value is -5.13. The number of hydrogen-bond donors (Lipinski definition) is 0. The van der Waals surface area contributed by atoms with Crippen molar-refractivity contribution in [1.29, 1.82) is 0 Å². The Morgan fingerprint density at radius 2 is 1.21 bits per heavy atom. The fourth-order valence-corrected chi connectivity index (χ4v) is 8.53. The molecule has 9 aromatic rings. The molecule has 3 aromatic heterocycles. The molecule has 3 nitrogen and oxygen atoms in total. The summed E-state index contributed by atoms with van der Waals surface area (Å²) >= 11 is -1.78. The standard InChI is InChI=1S/C27H16NO.C20H20GeN.Ir/c1-2-7-18(8-3-1)20-13-14-22-23-11-6-12-24(27(23)29-26(22)16-20)25-15-19-9-4-5-10-21(19)17-28-25;1-21(2,3)19-13-14-20(22-15-19)18-11-9-17(10-12-18)16-7-5-4-6-8-16;/h1-11,13-17H;4-11,13-15H,1-3H3;/q2*-1;. The molecular weight excluding hydrogens is 873 g/mol. The monoisotopic (exact) mass is 911 g/mol. The normalized spacial score (nSPS) is 11.2. The summed E-state index contributed by atoms with van der Waals surface area (Å²) < 4.78 is 7.78. The summed E-state index contributed by atoms with van der Waals surface area (Å²) in [5.74, 6) is 7.16. The van der Waals surface area contributed by atoms with E-state index in [1.165, 1.54) is 21.1 Å². The van der Waals surface area contributed by atoms with E-state index in [1.54, 1.807) is 0 Å². The van der Waals surface area contributed by atoms with E-state index in [0.29, 0.717) is 0 Å². The minimum absolute atomic E-state index is 0. The maximum atomic E-state index is 6.34. The van der Waals surface area contributed by atoms with Crippen molar-refractivity contribution in [3.05, 3.63) is 176 Å². The predicted octanol–water partition coefficient (Wildman–Crippen LogP) is 12.0. The molecule has 0 saturated carbocycles. The fourth-order valence-electron chi connectivity index (χ4n) is 6.35. The van der Waals surface area contributed by atoms with Crippen LogP contribution < -0.4 is 4.40 Å². The van der Waals surface area contributed by atoms with Gasteiger partial charge in [-0.25, -0.2) is 0 Å². The van der Waals surface area contributed by atoms with Gasteiger partial charge in [-0.2, -0.15) is 0 Å². The Morgan fingerprint density at radius 3 is 1.88 bits per heavy atom. The molecule has 0 aliphatic rings. The molecule has 0 aliphatic carbocycles. The van der Waals surface area contributed by atoms with Crippen LogP contribution in [0.2, 0.25) is 17.3 Å². The number of fused-ring (bicyclic) bond motifs is 4. The van der Waals surface area contributed by atoms with Gasteiger partial charge < -0.3 is 9.40 Å². The molecular formula is C47H36GeIrN2O-2. The molecule has 5 heteroatoms. The predicted molar refractivity (Wildman–Crippen MR) is 216 cm³/mol. The number of hydrogen-bond acceptors (Lipinski definition) is 3. The van der Waals surface area contributed by atoms with E-state index in [1.807, 2.05) is 48.8 Å². The minimum atomic E-state index is -1.78. The number of aromatic nitrogens is 2. The van der Waals surface area contributed by atoms with Crippen molar-refractivity contribution < 1.29 is 24.5 Å². The van der Waals surface area contributed by atoms with Crippen molar-refractivity contribution in [2.24, 2.45) is 0 Å². The average molecular weight is 910 g/mol. The largest absolute Gasteiger partial charge is 0.501 e. The topological polar surface area (TPSA) is 38.9 Å². The molecule has 0 fully saturated rings. The molecule has 0 N–H and O–H groups in total. The van der Waals surface area contributed by atoms with Gasteiger partial charge in [0.2, 0.25) is 0 Å². The van der Waals surface area contributed by atoms with E-state index in [0.717, 1.165) is 60.8 Å². The first-order chi connectivity index (χ1) is 24.9. The number of nitrogens with zero attached hydrogens (tertiary/aromatic N) is 2. The molecule has 0 atom stereocenters. The Morgan fingerprint density at radius 1 is 0.538 bits per heavy atom. The van der Waals surface area contributed by atoms with Gasteiger partial charge in [0.05, 0.1) is 5.58 Å². The van der Waals surface area contributed by atoms with E-state index >= 15 is 0 Å². The average Bonchev–Trinajstić information content (AvgIpc) is 3.57. The minimum Gasteiger partial charge on any atom is -0.501 e. The zero-order valence-electron chi connectivity index (χ0n) is 29.2. The summed E-state index contributed by atoms with van der Waals surface area (Å²) in [4.78, 5) is 9.30. The van der Waals surface area contributed by atoms with Gasteiger partial charge in [0.25, 0.3) is 0 Å². The van der Waals surface area contributed by atoms with Gasteiger partial charge in [-0.15, -0.1) is 18.2 Å². The molecule has 0 spiro atoms. The van der Waals surface area contributed by atoms with Crippen molar-refractivity contribution in [2.75, 3.05) is 0 Å². The zero-order chi connectivity index (χ0) is 34.8. The van der Waals surface area contributed by atoms with Crippen LogP contribution in [0.25, 0.3) is 77.5 Å². The van der Waals surface area contributed by atoms with Crippen LogP contribution in [-0.2, 0) is 20.1 Å². The first kappa shape index (κ1) is 35.3. The SMILES string of the molecule is [CH3][Ge]([CH3])([CH3])[c]1ccc(-c2[c-]cc(-c3ccccc3)cc2)nc1.[Ir].[c-]1ccc2c(oc3cc(-c4ccccc4)ccc32)c1-c1cc2ccccc2cn1. The Kier molecular flexibility index (Phi) is 10.3. The van der Waals surface area contributed by atoms with E-state index in [4.69, 9.17) is 4.42 Å². The molecule has 0 aliphatic heterocycles. The molecule has 9 rings (SSSR count). The second kappa shape index (κ2) is 15.2. The summed E-state index contributed by atoms with van der Waals surface area (Å²) in [6.07, 6.45) is 3.96.